The van der Waals surface area contributed by atoms with E-state index in [1.54, 1.807) is 0 Å². The molecule has 2 aromatic rings. The van der Waals surface area contributed by atoms with Crippen molar-refractivity contribution in [2.24, 2.45) is 5.73 Å². The Kier molecular flexibility index (Phi) is 25.9. The third-order valence-electron chi connectivity index (χ3n) is 8.58. The summed E-state index contributed by atoms with van der Waals surface area (Å²) in [5.74, 6) is 0.621. The first-order chi connectivity index (χ1) is 25.0. The Labute approximate surface area is 303 Å². The number of carbonyl (C=O) groups excluding carboxylic acids is 2. The van der Waals surface area contributed by atoms with Crippen LogP contribution in [0.15, 0.2) is 24.3 Å². The highest BCUT2D eigenvalue weighted by Gasteiger charge is 2.15. The molecule has 1 amide bonds. The number of nitrogens with two attached hydrogens (primary N) is 1. The zero-order chi connectivity index (χ0) is 36.6. The van der Waals surface area contributed by atoms with E-state index in [4.69, 9.17) is 25.1 Å². The van der Waals surface area contributed by atoms with Crippen molar-refractivity contribution >= 4 is 17.7 Å². The van der Waals surface area contributed by atoms with E-state index in [0.717, 1.165) is 37.2 Å². The van der Waals surface area contributed by atoms with E-state index in [1.165, 1.54) is 64.2 Å². The molecule has 51 heavy (non-hydrogen) atoms. The molecule has 0 spiro atoms. The smallest absolute Gasteiger partial charge is 0.320 e. The van der Waals surface area contributed by atoms with Crippen molar-refractivity contribution in [2.45, 2.75) is 128 Å². The van der Waals surface area contributed by atoms with Gasteiger partial charge >= 0.3 is 5.97 Å². The third kappa shape index (κ3) is 23.6. The summed E-state index contributed by atoms with van der Waals surface area (Å²) < 4.78 is 16.7. The number of Topliss-reactive ketones (excluding diaryl/α,β-unsaturated/α-hetero) is 1. The van der Waals surface area contributed by atoms with Gasteiger partial charge in [-0.15, -0.1) is 10.2 Å². The number of amides is 1. The first kappa shape index (κ1) is 43.7. The SMILES string of the molecule is NCN[C@@H](CCCCNC(=O)COCCOCCCC(=O)CCCCCCCCCCCCCCCOc1ccc(-c2nn[nH]n2)cc1)C(=O)O. The van der Waals surface area contributed by atoms with Crippen molar-refractivity contribution in [3.8, 4) is 17.1 Å². The number of nitrogens with zero attached hydrogens (tertiary/aromatic N) is 3. The number of ether oxygens (including phenoxy) is 3. The summed E-state index contributed by atoms with van der Waals surface area (Å²) in [4.78, 5) is 35.0. The molecule has 14 heteroatoms. The van der Waals surface area contributed by atoms with Crippen LogP contribution in [-0.2, 0) is 23.9 Å². The van der Waals surface area contributed by atoms with E-state index in [2.05, 4.69) is 31.3 Å². The number of aliphatic carboxylic acids is 1. The Morgan fingerprint density at radius 2 is 1.37 bits per heavy atom. The number of hydrogen-bond donors (Lipinski definition) is 5. The topological polar surface area (TPSA) is 204 Å². The summed E-state index contributed by atoms with van der Waals surface area (Å²) in [5, 5.41) is 28.5. The summed E-state index contributed by atoms with van der Waals surface area (Å²) in [6, 6.07) is 7.11. The van der Waals surface area contributed by atoms with Crippen molar-refractivity contribution in [3.05, 3.63) is 24.3 Å². The second kappa shape index (κ2) is 30.2. The number of rotatable bonds is 35. The molecule has 14 nitrogen and oxygen atoms in total. The number of ketones is 1. The average molecular weight is 718 g/mol. The molecule has 0 unspecified atom stereocenters. The van der Waals surface area contributed by atoms with Gasteiger partial charge in [-0.3, -0.25) is 19.7 Å². The average Bonchev–Trinajstić information content (AvgIpc) is 3.67. The molecule has 0 bridgehead atoms. The summed E-state index contributed by atoms with van der Waals surface area (Å²) in [6.45, 7) is 2.47. The molecule has 0 fully saturated rings. The van der Waals surface area contributed by atoms with Crippen LogP contribution in [0.1, 0.15) is 122 Å². The maximum Gasteiger partial charge on any atom is 0.320 e. The maximum absolute atomic E-state index is 12.1. The lowest BCUT2D eigenvalue weighted by atomic mass is 10.0. The monoisotopic (exact) mass is 717 g/mol. The molecule has 1 aromatic heterocycles. The van der Waals surface area contributed by atoms with Gasteiger partial charge in [0, 0.05) is 38.2 Å². The molecule has 1 aromatic carbocycles. The van der Waals surface area contributed by atoms with Gasteiger partial charge in [0.1, 0.15) is 24.2 Å². The molecule has 0 aliphatic carbocycles. The van der Waals surface area contributed by atoms with E-state index in [1.807, 2.05) is 24.3 Å². The van der Waals surface area contributed by atoms with Crippen LogP contribution in [0.2, 0.25) is 0 Å². The van der Waals surface area contributed by atoms with E-state index in [0.29, 0.717) is 76.5 Å². The van der Waals surface area contributed by atoms with Crippen molar-refractivity contribution in [3.63, 3.8) is 0 Å². The van der Waals surface area contributed by atoms with Gasteiger partial charge in [-0.1, -0.05) is 70.6 Å². The van der Waals surface area contributed by atoms with Crippen LogP contribution in [-0.4, -0.2) is 95.7 Å². The molecule has 1 heterocycles. The summed E-state index contributed by atoms with van der Waals surface area (Å²) >= 11 is 0. The summed E-state index contributed by atoms with van der Waals surface area (Å²) in [5.41, 5.74) is 6.25. The van der Waals surface area contributed by atoms with Crippen LogP contribution in [0.25, 0.3) is 11.4 Å². The summed E-state index contributed by atoms with van der Waals surface area (Å²) in [7, 11) is 0. The zero-order valence-corrected chi connectivity index (χ0v) is 30.6. The minimum absolute atomic E-state index is 0.0454. The highest BCUT2D eigenvalue weighted by molar-refractivity contribution is 5.78. The van der Waals surface area contributed by atoms with Gasteiger partial charge < -0.3 is 30.4 Å². The fourth-order valence-electron chi connectivity index (χ4n) is 5.63. The van der Waals surface area contributed by atoms with Crippen LogP contribution < -0.4 is 21.1 Å². The van der Waals surface area contributed by atoms with Gasteiger partial charge in [-0.2, -0.15) is 5.21 Å². The van der Waals surface area contributed by atoms with Gasteiger partial charge in [0.25, 0.3) is 0 Å². The van der Waals surface area contributed by atoms with Gasteiger partial charge in [-0.25, -0.2) is 0 Å². The largest absolute Gasteiger partial charge is 0.494 e. The Hall–Kier alpha value is -3.46. The number of carbonyl (C=O) groups is 3. The van der Waals surface area contributed by atoms with Crippen LogP contribution in [0.4, 0.5) is 0 Å². The van der Waals surface area contributed by atoms with Crippen LogP contribution in [0.3, 0.4) is 0 Å². The minimum Gasteiger partial charge on any atom is -0.494 e. The number of benzene rings is 1. The minimum atomic E-state index is -0.925. The highest BCUT2D eigenvalue weighted by Crippen LogP contribution is 2.19. The highest BCUT2D eigenvalue weighted by atomic mass is 16.5. The number of carboxylic acids is 1. The van der Waals surface area contributed by atoms with Gasteiger partial charge in [0.05, 0.1) is 19.8 Å². The van der Waals surface area contributed by atoms with Gasteiger partial charge in [0.2, 0.25) is 11.7 Å². The van der Waals surface area contributed by atoms with E-state index < -0.39 is 12.0 Å². The fourth-order valence-corrected chi connectivity index (χ4v) is 5.63. The Morgan fingerprint density at radius 3 is 2.00 bits per heavy atom. The first-order valence-corrected chi connectivity index (χ1v) is 19.1. The molecule has 0 saturated heterocycles. The lowest BCUT2D eigenvalue weighted by Crippen LogP contribution is -2.40. The summed E-state index contributed by atoms with van der Waals surface area (Å²) in [6.07, 6.45) is 19.7. The zero-order valence-electron chi connectivity index (χ0n) is 30.6. The quantitative estimate of drug-likeness (QED) is 0.0453. The number of nitrogens with one attached hydrogen (secondary N) is 3. The maximum atomic E-state index is 12.1. The predicted octanol–water partition coefficient (Wildman–Crippen LogP) is 5.33. The number of aromatic nitrogens is 4. The normalized spacial score (nSPS) is 11.8. The number of H-pyrrole nitrogens is 1. The van der Waals surface area contributed by atoms with Crippen molar-refractivity contribution in [2.75, 3.05) is 46.2 Å². The lowest BCUT2D eigenvalue weighted by Gasteiger charge is -2.12. The standard InChI is InChI=1S/C37H63N7O7/c38-30-40-34(37(47)48)19-13-14-24-39-35(46)29-50-28-27-49-25-16-18-32(45)17-12-10-8-6-4-2-1-3-5-7-9-11-15-26-51-33-22-20-31(21-23-33)36-41-43-44-42-36/h20-23,34,40H,1-19,24-30,38H2,(H,39,46)(H,47,48)(H,41,42,43,44)/t34-/m0/s1. The van der Waals surface area contributed by atoms with E-state index in [-0.39, 0.29) is 19.2 Å². The molecule has 6 N–H and O–H groups in total. The van der Waals surface area contributed by atoms with E-state index in [9.17, 15) is 14.4 Å². The van der Waals surface area contributed by atoms with Crippen LogP contribution in [0.5, 0.6) is 5.75 Å². The van der Waals surface area contributed by atoms with Gasteiger partial charge in [-0.05, 0) is 68.0 Å². The fraction of sp³-hybridized carbons (Fsp3) is 0.730. The van der Waals surface area contributed by atoms with Crippen molar-refractivity contribution < 1.29 is 33.7 Å². The second-order valence-corrected chi connectivity index (χ2v) is 12.9. The molecule has 0 aliphatic heterocycles. The second-order valence-electron chi connectivity index (χ2n) is 12.9. The number of hydrogen-bond acceptors (Lipinski definition) is 11. The third-order valence-corrected chi connectivity index (χ3v) is 8.58. The first-order valence-electron chi connectivity index (χ1n) is 19.1. The number of unbranched alkanes of at least 4 members (excludes halogenated alkanes) is 13. The Balaban J connectivity index is 1.24. The molecule has 0 saturated carbocycles. The molecule has 0 radical (unpaired) electrons. The lowest BCUT2D eigenvalue weighted by molar-refractivity contribution is -0.139. The van der Waals surface area contributed by atoms with Crippen molar-refractivity contribution in [1.29, 1.82) is 0 Å². The molecular weight excluding hydrogens is 654 g/mol. The Bertz CT molecular complexity index is 1150. The van der Waals surface area contributed by atoms with Crippen LogP contribution in [0, 0.1) is 0 Å². The number of tetrazole rings is 1. The number of aromatic amines is 1. The molecule has 288 valence electrons. The Morgan fingerprint density at radius 1 is 0.745 bits per heavy atom. The number of carboxylic acid groups (broad SMARTS) is 1. The van der Waals surface area contributed by atoms with E-state index >= 15 is 0 Å². The molecule has 2 rings (SSSR count). The van der Waals surface area contributed by atoms with Crippen molar-refractivity contribution in [1.82, 2.24) is 31.3 Å². The molecular formula is C37H63N7O7. The molecule has 0 aliphatic rings. The van der Waals surface area contributed by atoms with Crippen LogP contribution >= 0.6 is 0 Å². The predicted molar refractivity (Wildman–Crippen MR) is 196 cm³/mol. The molecule has 1 atom stereocenters. The van der Waals surface area contributed by atoms with Gasteiger partial charge in [0.15, 0.2) is 0 Å².